The summed E-state index contributed by atoms with van der Waals surface area (Å²) in [4.78, 5) is 16.1. The second-order valence-electron chi connectivity index (χ2n) is 5.17. The van der Waals surface area contributed by atoms with E-state index < -0.39 is 21.9 Å². The third kappa shape index (κ3) is 3.18. The minimum Gasteiger partial charge on any atom is -0.481 e. The van der Waals surface area contributed by atoms with Crippen molar-refractivity contribution >= 4 is 27.3 Å². The van der Waals surface area contributed by atoms with Gasteiger partial charge in [-0.3, -0.25) is 4.79 Å². The van der Waals surface area contributed by atoms with E-state index in [9.17, 15) is 13.2 Å². The predicted octanol–water partition coefficient (Wildman–Crippen LogP) is 0.976. The molecule has 2 heterocycles. The first kappa shape index (κ1) is 15.4. The Bertz CT molecular complexity index is 596. The van der Waals surface area contributed by atoms with Crippen LogP contribution in [0.25, 0.3) is 0 Å². The summed E-state index contributed by atoms with van der Waals surface area (Å²) in [5.41, 5.74) is 2.57. The van der Waals surface area contributed by atoms with Crippen LogP contribution >= 0.6 is 11.3 Å². The summed E-state index contributed by atoms with van der Waals surface area (Å²) in [5, 5.41) is 9.06. The van der Waals surface area contributed by atoms with Crippen molar-refractivity contribution in [3.63, 3.8) is 0 Å². The highest BCUT2D eigenvalue weighted by atomic mass is 32.2. The lowest BCUT2D eigenvalue weighted by atomic mass is 9.99. The van der Waals surface area contributed by atoms with E-state index in [4.69, 9.17) is 5.11 Å². The molecule has 8 heteroatoms. The second kappa shape index (κ2) is 5.79. The molecule has 1 fully saturated rings. The lowest BCUT2D eigenvalue weighted by Gasteiger charge is -2.15. The number of sulfonamides is 1. The smallest absolute Gasteiger partial charge is 0.308 e. The molecule has 6 nitrogen and oxygen atoms in total. The van der Waals surface area contributed by atoms with Crippen molar-refractivity contribution in [2.75, 3.05) is 18.8 Å². The van der Waals surface area contributed by atoms with Crippen molar-refractivity contribution in [1.29, 1.82) is 0 Å². The Labute approximate surface area is 122 Å². The van der Waals surface area contributed by atoms with E-state index in [-0.39, 0.29) is 18.2 Å². The maximum atomic E-state index is 12.3. The molecule has 1 aromatic heterocycles. The molecular weight excluding hydrogens is 300 g/mol. The summed E-state index contributed by atoms with van der Waals surface area (Å²) in [6.45, 7) is 4.01. The molecule has 2 atom stereocenters. The number of thiazole rings is 1. The summed E-state index contributed by atoms with van der Waals surface area (Å²) in [6, 6.07) is 0. The molecular formula is C12H18N2O4S2. The molecule has 1 saturated heterocycles. The van der Waals surface area contributed by atoms with Crippen LogP contribution in [0.2, 0.25) is 0 Å². The number of nitrogens with zero attached hydrogens (tertiary/aromatic N) is 2. The van der Waals surface area contributed by atoms with E-state index in [0.29, 0.717) is 13.0 Å². The zero-order valence-corrected chi connectivity index (χ0v) is 13.1. The number of aromatic nitrogens is 1. The van der Waals surface area contributed by atoms with Crippen LogP contribution in [0, 0.1) is 18.8 Å². The van der Waals surface area contributed by atoms with Gasteiger partial charge in [0.25, 0.3) is 0 Å². The maximum absolute atomic E-state index is 12.3. The summed E-state index contributed by atoms with van der Waals surface area (Å²) >= 11 is 1.45. The monoisotopic (exact) mass is 318 g/mol. The predicted molar refractivity (Wildman–Crippen MR) is 76.2 cm³/mol. The van der Waals surface area contributed by atoms with Crippen molar-refractivity contribution in [2.24, 2.45) is 11.8 Å². The van der Waals surface area contributed by atoms with Gasteiger partial charge in [-0.05, 0) is 19.3 Å². The van der Waals surface area contributed by atoms with E-state index in [1.807, 2.05) is 6.92 Å². The SMILES string of the molecule is Cc1ncsc1CCS(=O)(=O)N1C[C@@H](C)[C@H](C(=O)O)C1. The third-order valence-electron chi connectivity index (χ3n) is 3.72. The Hall–Kier alpha value is -0.990. The van der Waals surface area contributed by atoms with Crippen molar-refractivity contribution in [3.05, 3.63) is 16.1 Å². The van der Waals surface area contributed by atoms with E-state index in [1.54, 1.807) is 12.4 Å². The van der Waals surface area contributed by atoms with Gasteiger partial charge in [0.15, 0.2) is 0 Å². The van der Waals surface area contributed by atoms with Gasteiger partial charge in [0.05, 0.1) is 22.9 Å². The lowest BCUT2D eigenvalue weighted by Crippen LogP contribution is -2.32. The van der Waals surface area contributed by atoms with Gasteiger partial charge in [-0.2, -0.15) is 0 Å². The van der Waals surface area contributed by atoms with Crippen LogP contribution in [0.5, 0.6) is 0 Å². The van der Waals surface area contributed by atoms with Gasteiger partial charge in [-0.25, -0.2) is 17.7 Å². The molecule has 1 aliphatic heterocycles. The Balaban J connectivity index is 2.01. The van der Waals surface area contributed by atoms with E-state index in [2.05, 4.69) is 4.98 Å². The molecule has 1 N–H and O–H groups in total. The first-order valence-electron chi connectivity index (χ1n) is 6.41. The first-order chi connectivity index (χ1) is 9.31. The summed E-state index contributed by atoms with van der Waals surface area (Å²) in [7, 11) is -3.40. The number of carbonyl (C=O) groups is 1. The molecule has 0 aromatic carbocycles. The minimum absolute atomic E-state index is 0.00902. The van der Waals surface area contributed by atoms with Crippen LogP contribution < -0.4 is 0 Å². The Morgan fingerprint density at radius 2 is 2.25 bits per heavy atom. The molecule has 2 rings (SSSR count). The van der Waals surface area contributed by atoms with Gasteiger partial charge in [0.2, 0.25) is 10.0 Å². The van der Waals surface area contributed by atoms with Crippen molar-refractivity contribution in [3.8, 4) is 0 Å². The third-order valence-corrected chi connectivity index (χ3v) is 6.52. The Kier molecular flexibility index (Phi) is 4.46. The van der Waals surface area contributed by atoms with Gasteiger partial charge >= 0.3 is 5.97 Å². The standard InChI is InChI=1S/C12H18N2O4S2/c1-8-5-14(6-10(8)12(15)16)20(17,18)4-3-11-9(2)13-7-19-11/h7-8,10H,3-6H2,1-2H3,(H,15,16)/t8-,10-/m1/s1. The summed E-state index contributed by atoms with van der Waals surface area (Å²) in [5.74, 6) is -1.66. The fourth-order valence-corrected chi connectivity index (χ4v) is 4.87. The first-order valence-corrected chi connectivity index (χ1v) is 8.89. The average Bonchev–Trinajstić information content (AvgIpc) is 2.93. The highest BCUT2D eigenvalue weighted by Crippen LogP contribution is 2.26. The second-order valence-corrected chi connectivity index (χ2v) is 8.19. The van der Waals surface area contributed by atoms with Gasteiger partial charge in [-0.1, -0.05) is 6.92 Å². The molecule has 112 valence electrons. The van der Waals surface area contributed by atoms with Gasteiger partial charge < -0.3 is 5.11 Å². The summed E-state index contributed by atoms with van der Waals surface area (Å²) < 4.78 is 25.9. The number of hydrogen-bond acceptors (Lipinski definition) is 5. The van der Waals surface area contributed by atoms with Crippen molar-refractivity contribution in [1.82, 2.24) is 9.29 Å². The largest absolute Gasteiger partial charge is 0.481 e. The maximum Gasteiger partial charge on any atom is 0.308 e. The summed E-state index contributed by atoms with van der Waals surface area (Å²) in [6.07, 6.45) is 0.432. The molecule has 0 spiro atoms. The van der Waals surface area contributed by atoms with Crippen LogP contribution in [0.15, 0.2) is 5.51 Å². The minimum atomic E-state index is -3.40. The molecule has 0 amide bonds. The van der Waals surface area contributed by atoms with Gasteiger partial charge in [0, 0.05) is 18.0 Å². The molecule has 20 heavy (non-hydrogen) atoms. The topological polar surface area (TPSA) is 87.6 Å². The van der Waals surface area contributed by atoms with Crippen LogP contribution in [-0.2, 0) is 21.2 Å². The quantitative estimate of drug-likeness (QED) is 0.874. The highest BCUT2D eigenvalue weighted by molar-refractivity contribution is 7.89. The zero-order chi connectivity index (χ0) is 14.9. The molecule has 0 saturated carbocycles. The van der Waals surface area contributed by atoms with Crippen LogP contribution in [0.1, 0.15) is 17.5 Å². The van der Waals surface area contributed by atoms with Gasteiger partial charge in [-0.15, -0.1) is 11.3 Å². The van der Waals surface area contributed by atoms with E-state index in [0.717, 1.165) is 10.6 Å². The Morgan fingerprint density at radius 1 is 1.55 bits per heavy atom. The number of hydrogen-bond donors (Lipinski definition) is 1. The average molecular weight is 318 g/mol. The number of aliphatic carboxylic acids is 1. The van der Waals surface area contributed by atoms with Crippen LogP contribution in [-0.4, -0.2) is 47.6 Å². The number of rotatable bonds is 5. The number of carboxylic acids is 1. The van der Waals surface area contributed by atoms with Crippen molar-refractivity contribution in [2.45, 2.75) is 20.3 Å². The molecule has 0 aliphatic carbocycles. The molecule has 1 aliphatic rings. The fourth-order valence-electron chi connectivity index (χ4n) is 2.39. The molecule has 1 aromatic rings. The Morgan fingerprint density at radius 3 is 2.75 bits per heavy atom. The molecule has 0 unspecified atom stereocenters. The fraction of sp³-hybridized carbons (Fsp3) is 0.667. The van der Waals surface area contributed by atoms with Crippen LogP contribution in [0.4, 0.5) is 0 Å². The normalized spacial score (nSPS) is 24.1. The number of carboxylic acid groups (broad SMARTS) is 1. The number of aryl methyl sites for hydroxylation is 2. The van der Waals surface area contributed by atoms with Crippen molar-refractivity contribution < 1.29 is 18.3 Å². The highest BCUT2D eigenvalue weighted by Gasteiger charge is 2.39. The van der Waals surface area contributed by atoms with Crippen LogP contribution in [0.3, 0.4) is 0 Å². The molecule has 0 bridgehead atoms. The lowest BCUT2D eigenvalue weighted by molar-refractivity contribution is -0.142. The van der Waals surface area contributed by atoms with Gasteiger partial charge in [0.1, 0.15) is 0 Å². The molecule has 0 radical (unpaired) electrons. The van der Waals surface area contributed by atoms with E-state index >= 15 is 0 Å². The van der Waals surface area contributed by atoms with E-state index in [1.165, 1.54) is 15.6 Å². The zero-order valence-electron chi connectivity index (χ0n) is 11.4.